The Labute approximate surface area is 185 Å². The highest BCUT2D eigenvalue weighted by atomic mass is 16.5. The number of ether oxygens (including phenoxy) is 1. The van der Waals surface area contributed by atoms with E-state index in [9.17, 15) is 19.8 Å². The van der Waals surface area contributed by atoms with E-state index in [-0.39, 0.29) is 24.3 Å². The Balaban J connectivity index is 1.51. The third-order valence-electron chi connectivity index (χ3n) is 5.54. The number of carboxylic acids is 1. The molecule has 2 unspecified atom stereocenters. The van der Waals surface area contributed by atoms with Gasteiger partial charge in [0.1, 0.15) is 11.9 Å². The van der Waals surface area contributed by atoms with Gasteiger partial charge >= 0.3 is 5.97 Å². The maximum absolute atomic E-state index is 11.5. The smallest absolute Gasteiger partial charge is 0.371 e. The van der Waals surface area contributed by atoms with E-state index in [0.29, 0.717) is 25.0 Å². The molecule has 1 saturated heterocycles. The van der Waals surface area contributed by atoms with Crippen molar-refractivity contribution in [3.8, 4) is 0 Å². The number of aliphatic hydroxyl groups excluding tert-OH is 1. The van der Waals surface area contributed by atoms with Gasteiger partial charge in [-0.25, -0.2) is 4.79 Å². The molecule has 1 amide bonds. The Hall–Kier alpha value is -3.42. The van der Waals surface area contributed by atoms with E-state index in [1.165, 1.54) is 6.07 Å². The second-order valence-corrected chi connectivity index (χ2v) is 7.90. The zero-order valence-electron chi connectivity index (χ0n) is 17.4. The number of hydrogen-bond donors (Lipinski definition) is 3. The van der Waals surface area contributed by atoms with Crippen molar-refractivity contribution in [1.82, 2.24) is 5.32 Å². The van der Waals surface area contributed by atoms with Gasteiger partial charge in [-0.15, -0.1) is 0 Å². The van der Waals surface area contributed by atoms with Crippen molar-refractivity contribution >= 4 is 11.9 Å². The van der Waals surface area contributed by atoms with Gasteiger partial charge in [-0.05, 0) is 35.2 Å². The van der Waals surface area contributed by atoms with Gasteiger partial charge in [0.15, 0.2) is 0 Å². The molecule has 32 heavy (non-hydrogen) atoms. The number of nitrogens with one attached hydrogen (secondary N) is 1. The predicted molar refractivity (Wildman–Crippen MR) is 116 cm³/mol. The monoisotopic (exact) mass is 435 g/mol. The minimum absolute atomic E-state index is 0.00179. The number of aromatic carboxylic acids is 1. The Kier molecular flexibility index (Phi) is 6.68. The van der Waals surface area contributed by atoms with Crippen LogP contribution in [-0.2, 0) is 16.0 Å². The van der Waals surface area contributed by atoms with Gasteiger partial charge in [0.25, 0.3) is 0 Å². The van der Waals surface area contributed by atoms with Crippen molar-refractivity contribution < 1.29 is 29.0 Å². The van der Waals surface area contributed by atoms with E-state index in [1.54, 1.807) is 6.07 Å². The van der Waals surface area contributed by atoms with Crippen LogP contribution in [0.1, 0.15) is 58.1 Å². The molecule has 0 radical (unpaired) electrons. The maximum Gasteiger partial charge on any atom is 0.371 e. The van der Waals surface area contributed by atoms with Crippen LogP contribution in [0.3, 0.4) is 0 Å². The summed E-state index contributed by atoms with van der Waals surface area (Å²) in [6, 6.07) is 20.0. The second-order valence-electron chi connectivity index (χ2n) is 7.90. The van der Waals surface area contributed by atoms with Gasteiger partial charge in [0, 0.05) is 12.8 Å². The molecule has 3 atom stereocenters. The summed E-state index contributed by atoms with van der Waals surface area (Å²) in [4.78, 5) is 22.7. The first kappa shape index (κ1) is 21.8. The number of amides is 1. The zero-order valence-corrected chi connectivity index (χ0v) is 17.4. The maximum atomic E-state index is 11.5. The van der Waals surface area contributed by atoms with E-state index < -0.39 is 18.2 Å². The summed E-state index contributed by atoms with van der Waals surface area (Å²) < 4.78 is 11.6. The molecule has 3 N–H and O–H groups in total. The lowest BCUT2D eigenvalue weighted by Gasteiger charge is -2.20. The molecule has 0 bridgehead atoms. The minimum Gasteiger partial charge on any atom is -0.475 e. The fraction of sp³-hybridized carbons (Fsp3) is 0.280. The Morgan fingerprint density at radius 3 is 2.41 bits per heavy atom. The van der Waals surface area contributed by atoms with Crippen molar-refractivity contribution in [2.45, 2.75) is 37.5 Å². The zero-order chi connectivity index (χ0) is 22.5. The van der Waals surface area contributed by atoms with Crippen LogP contribution in [0, 0.1) is 0 Å². The molecular weight excluding hydrogens is 410 g/mol. The molecule has 4 rings (SSSR count). The topological polar surface area (TPSA) is 109 Å². The van der Waals surface area contributed by atoms with Gasteiger partial charge in [-0.3, -0.25) is 4.79 Å². The quantitative estimate of drug-likeness (QED) is 0.474. The number of hydrogen-bond acceptors (Lipinski definition) is 5. The lowest BCUT2D eigenvalue weighted by molar-refractivity contribution is -0.119. The predicted octanol–water partition coefficient (Wildman–Crippen LogP) is 3.64. The van der Waals surface area contributed by atoms with E-state index in [0.717, 1.165) is 16.7 Å². The molecule has 2 heterocycles. The lowest BCUT2D eigenvalue weighted by Crippen LogP contribution is -2.30. The van der Waals surface area contributed by atoms with E-state index in [1.807, 2.05) is 54.6 Å². The lowest BCUT2D eigenvalue weighted by atomic mass is 9.98. The SMILES string of the molecule is O=C1CCC(CO[C@@H](c2ccc(C(O)Cc3ccccc3)cc2)c2ccc(C(=O)O)o2)N1. The summed E-state index contributed by atoms with van der Waals surface area (Å²) in [6.07, 6.45) is 0.370. The molecule has 0 spiro atoms. The van der Waals surface area contributed by atoms with Crippen LogP contribution in [0.5, 0.6) is 0 Å². The van der Waals surface area contributed by atoms with Crippen LogP contribution < -0.4 is 5.32 Å². The summed E-state index contributed by atoms with van der Waals surface area (Å²) in [5.74, 6) is -0.961. The minimum atomic E-state index is -1.16. The summed E-state index contributed by atoms with van der Waals surface area (Å²) in [5.41, 5.74) is 2.57. The van der Waals surface area contributed by atoms with Crippen molar-refractivity contribution in [2.24, 2.45) is 0 Å². The first-order chi connectivity index (χ1) is 15.5. The average molecular weight is 435 g/mol. The van der Waals surface area contributed by atoms with Gasteiger partial charge in [0.05, 0.1) is 18.8 Å². The van der Waals surface area contributed by atoms with Gasteiger partial charge in [-0.1, -0.05) is 54.6 Å². The van der Waals surface area contributed by atoms with Gasteiger partial charge in [0.2, 0.25) is 11.7 Å². The average Bonchev–Trinajstić information content (AvgIpc) is 3.45. The van der Waals surface area contributed by atoms with E-state index in [2.05, 4.69) is 5.32 Å². The number of carboxylic acid groups (broad SMARTS) is 1. The van der Waals surface area contributed by atoms with Crippen LogP contribution in [0.25, 0.3) is 0 Å². The highest BCUT2D eigenvalue weighted by Gasteiger charge is 2.26. The summed E-state index contributed by atoms with van der Waals surface area (Å²) in [7, 11) is 0. The van der Waals surface area contributed by atoms with E-state index >= 15 is 0 Å². The number of carbonyl (C=O) groups excluding carboxylic acids is 1. The third kappa shape index (κ3) is 5.25. The highest BCUT2D eigenvalue weighted by molar-refractivity contribution is 5.84. The van der Waals surface area contributed by atoms with Crippen molar-refractivity contribution in [3.63, 3.8) is 0 Å². The fourth-order valence-electron chi connectivity index (χ4n) is 3.81. The summed E-state index contributed by atoms with van der Waals surface area (Å²) in [5, 5.41) is 22.7. The molecule has 1 aliphatic rings. The molecule has 2 aromatic carbocycles. The number of carbonyl (C=O) groups is 2. The molecule has 1 fully saturated rings. The van der Waals surface area contributed by atoms with Gasteiger partial charge in [-0.2, -0.15) is 0 Å². The van der Waals surface area contributed by atoms with Gasteiger partial charge < -0.3 is 24.7 Å². The Morgan fingerprint density at radius 2 is 1.78 bits per heavy atom. The largest absolute Gasteiger partial charge is 0.475 e. The van der Waals surface area contributed by atoms with Crippen LogP contribution >= 0.6 is 0 Å². The highest BCUT2D eigenvalue weighted by Crippen LogP contribution is 2.30. The van der Waals surface area contributed by atoms with Crippen LogP contribution in [0.15, 0.2) is 71.1 Å². The number of aliphatic hydroxyl groups is 1. The molecule has 0 aliphatic carbocycles. The molecule has 166 valence electrons. The molecule has 3 aromatic rings. The fourth-order valence-corrected chi connectivity index (χ4v) is 3.81. The molecule has 0 saturated carbocycles. The van der Waals surface area contributed by atoms with E-state index in [4.69, 9.17) is 9.15 Å². The Morgan fingerprint density at radius 1 is 1.06 bits per heavy atom. The normalized spacial score (nSPS) is 17.7. The van der Waals surface area contributed by atoms with Crippen molar-refractivity contribution in [1.29, 1.82) is 0 Å². The van der Waals surface area contributed by atoms with Crippen molar-refractivity contribution in [2.75, 3.05) is 6.61 Å². The van der Waals surface area contributed by atoms with Crippen molar-refractivity contribution in [3.05, 3.63) is 94.9 Å². The standard InChI is InChI=1S/C25H25NO6/c27-20(14-16-4-2-1-3-5-16)17-6-8-18(9-7-17)24(21-11-12-22(32-21)25(29)30)31-15-19-10-13-23(28)26-19/h1-9,11-12,19-20,24,27H,10,13-15H2,(H,26,28)(H,29,30)/t19?,20?,24-/m0/s1. The molecular formula is C25H25NO6. The summed E-state index contributed by atoms with van der Waals surface area (Å²) >= 11 is 0. The first-order valence-corrected chi connectivity index (χ1v) is 10.6. The van der Waals surface area contributed by atoms with Crippen LogP contribution in [-0.4, -0.2) is 34.7 Å². The Bertz CT molecular complexity index is 1060. The molecule has 7 nitrogen and oxygen atoms in total. The second kappa shape index (κ2) is 9.80. The number of furan rings is 1. The first-order valence-electron chi connectivity index (χ1n) is 10.6. The van der Waals surface area contributed by atoms with Crippen LogP contribution in [0.4, 0.5) is 0 Å². The molecule has 7 heteroatoms. The molecule has 1 aromatic heterocycles. The van der Waals surface area contributed by atoms with Crippen LogP contribution in [0.2, 0.25) is 0 Å². The molecule has 1 aliphatic heterocycles. The number of benzene rings is 2. The third-order valence-corrected chi connectivity index (χ3v) is 5.54. The summed E-state index contributed by atoms with van der Waals surface area (Å²) in [6.45, 7) is 0.276. The number of rotatable bonds is 9.